The van der Waals surface area contributed by atoms with E-state index in [0.717, 1.165) is 25.2 Å². The smallest absolute Gasteiger partial charge is 0.115 e. The van der Waals surface area contributed by atoms with Crippen molar-refractivity contribution in [3.05, 3.63) is 29.3 Å². The van der Waals surface area contributed by atoms with Crippen LogP contribution in [0.15, 0.2) is 18.2 Å². The molecule has 2 N–H and O–H groups in total. The van der Waals surface area contributed by atoms with E-state index < -0.39 is 0 Å². The van der Waals surface area contributed by atoms with E-state index in [9.17, 15) is 10.2 Å². The summed E-state index contributed by atoms with van der Waals surface area (Å²) in [5.41, 5.74) is 2.99. The third-order valence-corrected chi connectivity index (χ3v) is 6.66. The van der Waals surface area contributed by atoms with Crippen molar-refractivity contribution < 1.29 is 10.2 Å². The Morgan fingerprint density at radius 2 is 1.86 bits per heavy atom. The van der Waals surface area contributed by atoms with E-state index in [-0.39, 0.29) is 11.5 Å². The van der Waals surface area contributed by atoms with Gasteiger partial charge in [0, 0.05) is 0 Å². The van der Waals surface area contributed by atoms with Crippen LogP contribution in [0.25, 0.3) is 0 Å². The third kappa shape index (κ3) is 2.27. The number of phenolic OH excluding ortho intramolecular Hbond substituents is 1. The van der Waals surface area contributed by atoms with Crippen molar-refractivity contribution in [2.24, 2.45) is 17.3 Å². The SMILES string of the molecule is CC.C[C@]12CCC3c4ccc(O)cc4CCC3C1CCC2O. The molecule has 0 heterocycles. The summed E-state index contributed by atoms with van der Waals surface area (Å²) < 4.78 is 0. The fourth-order valence-corrected chi connectivity index (χ4v) is 5.54. The molecule has 4 rings (SSSR count). The van der Waals surface area contributed by atoms with Crippen LogP contribution in [0, 0.1) is 17.3 Å². The lowest BCUT2D eigenvalue weighted by molar-refractivity contribution is -0.0226. The van der Waals surface area contributed by atoms with Gasteiger partial charge in [-0.15, -0.1) is 0 Å². The maximum absolute atomic E-state index is 10.4. The molecule has 0 saturated heterocycles. The van der Waals surface area contributed by atoms with Crippen molar-refractivity contribution in [1.82, 2.24) is 0 Å². The average molecular weight is 302 g/mol. The van der Waals surface area contributed by atoms with Crippen molar-refractivity contribution in [2.45, 2.75) is 71.3 Å². The van der Waals surface area contributed by atoms with Crippen LogP contribution in [0.5, 0.6) is 5.75 Å². The summed E-state index contributed by atoms with van der Waals surface area (Å²) in [6.07, 6.45) is 6.78. The van der Waals surface area contributed by atoms with E-state index in [4.69, 9.17) is 0 Å². The molecule has 0 amide bonds. The molecule has 2 saturated carbocycles. The van der Waals surface area contributed by atoms with Crippen molar-refractivity contribution in [2.75, 3.05) is 0 Å². The van der Waals surface area contributed by atoms with Crippen molar-refractivity contribution >= 4 is 0 Å². The largest absolute Gasteiger partial charge is 0.508 e. The molecule has 0 radical (unpaired) electrons. The van der Waals surface area contributed by atoms with E-state index in [1.54, 1.807) is 0 Å². The molecule has 2 nitrogen and oxygen atoms in total. The first-order chi connectivity index (χ1) is 10.6. The molecule has 0 aromatic heterocycles. The molecule has 3 aliphatic carbocycles. The lowest BCUT2D eigenvalue weighted by atomic mass is 9.55. The maximum atomic E-state index is 10.4. The number of hydrogen-bond donors (Lipinski definition) is 2. The molecular formula is C20H30O2. The van der Waals surface area contributed by atoms with E-state index in [1.165, 1.54) is 30.4 Å². The van der Waals surface area contributed by atoms with Gasteiger partial charge in [-0.1, -0.05) is 26.8 Å². The van der Waals surface area contributed by atoms with E-state index in [1.807, 2.05) is 26.0 Å². The van der Waals surface area contributed by atoms with Gasteiger partial charge < -0.3 is 10.2 Å². The molecule has 2 heteroatoms. The molecule has 5 atom stereocenters. The molecule has 0 aliphatic heterocycles. The number of aromatic hydroxyl groups is 1. The Balaban J connectivity index is 0.000000693. The summed E-state index contributed by atoms with van der Waals surface area (Å²) in [6, 6.07) is 5.96. The van der Waals surface area contributed by atoms with Crippen LogP contribution in [-0.2, 0) is 6.42 Å². The molecule has 0 spiro atoms. The standard InChI is InChI=1S/C18H24O2.C2H6/c1-18-9-8-14-13-5-3-12(19)10-11(13)2-4-15(14)16(18)6-7-17(18)20;1-2/h3,5,10,14-17,19-20H,2,4,6-9H2,1H3;1-2H3/t14?,15?,16?,17?,18-;/m0./s1. The lowest BCUT2D eigenvalue weighted by Gasteiger charge is -2.50. The summed E-state index contributed by atoms with van der Waals surface area (Å²) in [4.78, 5) is 0. The molecular weight excluding hydrogens is 272 g/mol. The molecule has 3 aliphatic rings. The molecule has 22 heavy (non-hydrogen) atoms. The Kier molecular flexibility index (Phi) is 4.24. The topological polar surface area (TPSA) is 40.5 Å². The van der Waals surface area contributed by atoms with E-state index >= 15 is 0 Å². The number of benzene rings is 1. The second-order valence-electron chi connectivity index (χ2n) is 7.44. The Hall–Kier alpha value is -1.02. The average Bonchev–Trinajstić information content (AvgIpc) is 2.84. The number of aliphatic hydroxyl groups excluding tert-OH is 1. The van der Waals surface area contributed by atoms with Crippen LogP contribution in [0.4, 0.5) is 0 Å². The van der Waals surface area contributed by atoms with Crippen molar-refractivity contribution in [3.8, 4) is 5.75 Å². The van der Waals surface area contributed by atoms with Crippen LogP contribution in [-0.4, -0.2) is 16.3 Å². The predicted molar refractivity (Wildman–Crippen MR) is 90.1 cm³/mol. The van der Waals surface area contributed by atoms with Crippen LogP contribution in [0.3, 0.4) is 0 Å². The normalized spacial score (nSPS) is 39.1. The lowest BCUT2D eigenvalue weighted by Crippen LogP contribution is -2.43. The third-order valence-electron chi connectivity index (χ3n) is 6.66. The highest BCUT2D eigenvalue weighted by molar-refractivity contribution is 5.40. The van der Waals surface area contributed by atoms with E-state index in [2.05, 4.69) is 13.0 Å². The first kappa shape index (κ1) is 15.9. The fourth-order valence-electron chi connectivity index (χ4n) is 5.54. The molecule has 1 aromatic rings. The van der Waals surface area contributed by atoms with Gasteiger partial charge in [0.1, 0.15) is 5.75 Å². The van der Waals surface area contributed by atoms with Gasteiger partial charge in [0.25, 0.3) is 0 Å². The van der Waals surface area contributed by atoms with Gasteiger partial charge in [0.15, 0.2) is 0 Å². The first-order valence-electron chi connectivity index (χ1n) is 9.09. The summed E-state index contributed by atoms with van der Waals surface area (Å²) in [6.45, 7) is 6.32. The second kappa shape index (κ2) is 5.88. The first-order valence-corrected chi connectivity index (χ1v) is 9.09. The van der Waals surface area contributed by atoms with Gasteiger partial charge in [-0.3, -0.25) is 0 Å². The minimum Gasteiger partial charge on any atom is -0.508 e. The van der Waals surface area contributed by atoms with Gasteiger partial charge in [0.2, 0.25) is 0 Å². The van der Waals surface area contributed by atoms with Crippen molar-refractivity contribution in [1.29, 1.82) is 0 Å². The van der Waals surface area contributed by atoms with Crippen LogP contribution in [0.1, 0.15) is 69.9 Å². The number of rotatable bonds is 0. The zero-order valence-corrected chi connectivity index (χ0v) is 14.2. The molecule has 0 bridgehead atoms. The Morgan fingerprint density at radius 1 is 1.09 bits per heavy atom. The van der Waals surface area contributed by atoms with Crippen molar-refractivity contribution in [3.63, 3.8) is 0 Å². The number of hydrogen-bond acceptors (Lipinski definition) is 2. The molecule has 4 unspecified atom stereocenters. The summed E-state index contributed by atoms with van der Waals surface area (Å²) in [7, 11) is 0. The molecule has 2 fully saturated rings. The van der Waals surface area contributed by atoms with Gasteiger partial charge in [0.05, 0.1) is 6.10 Å². The predicted octanol–water partition coefficient (Wildman–Crippen LogP) is 4.64. The molecule has 122 valence electrons. The summed E-state index contributed by atoms with van der Waals surface area (Å²) in [5.74, 6) is 2.49. The monoisotopic (exact) mass is 302 g/mol. The van der Waals surface area contributed by atoms with Crippen LogP contribution < -0.4 is 0 Å². The fraction of sp³-hybridized carbons (Fsp3) is 0.700. The van der Waals surface area contributed by atoms with Gasteiger partial charge in [-0.2, -0.15) is 0 Å². The summed E-state index contributed by atoms with van der Waals surface area (Å²) >= 11 is 0. The number of aryl methyl sites for hydroxylation is 1. The summed E-state index contributed by atoms with van der Waals surface area (Å²) in [5, 5.41) is 20.0. The zero-order chi connectivity index (χ0) is 15.9. The van der Waals surface area contributed by atoms with E-state index in [0.29, 0.717) is 17.6 Å². The Morgan fingerprint density at radius 3 is 2.64 bits per heavy atom. The quantitative estimate of drug-likeness (QED) is 0.733. The highest BCUT2D eigenvalue weighted by Crippen LogP contribution is 2.60. The van der Waals surface area contributed by atoms with Gasteiger partial charge >= 0.3 is 0 Å². The highest BCUT2D eigenvalue weighted by atomic mass is 16.3. The Labute approximate surface area is 134 Å². The van der Waals surface area contributed by atoms with Gasteiger partial charge in [-0.25, -0.2) is 0 Å². The minimum atomic E-state index is -0.0883. The second-order valence-corrected chi connectivity index (χ2v) is 7.44. The molecule has 1 aromatic carbocycles. The van der Waals surface area contributed by atoms with Crippen LogP contribution >= 0.6 is 0 Å². The number of fused-ring (bicyclic) bond motifs is 5. The number of phenols is 1. The van der Waals surface area contributed by atoms with Crippen LogP contribution in [0.2, 0.25) is 0 Å². The minimum absolute atomic E-state index is 0.0883. The zero-order valence-electron chi connectivity index (χ0n) is 14.2. The maximum Gasteiger partial charge on any atom is 0.115 e. The Bertz CT molecular complexity index is 539. The number of aliphatic hydroxyl groups is 1. The van der Waals surface area contributed by atoms with Gasteiger partial charge in [-0.05, 0) is 85.0 Å². The highest BCUT2D eigenvalue weighted by Gasteiger charge is 2.54.